The molecule has 3 rings (SSSR count). The second kappa shape index (κ2) is 4.96. The third kappa shape index (κ3) is 2.89. The van der Waals surface area contributed by atoms with Crippen molar-refractivity contribution in [2.24, 2.45) is 5.92 Å². The highest BCUT2D eigenvalue weighted by molar-refractivity contribution is 5.21. The first-order valence-electron chi connectivity index (χ1n) is 6.57. The quantitative estimate of drug-likeness (QED) is 0.842. The number of nitrogens with zero attached hydrogens (tertiary/aromatic N) is 3. The van der Waals surface area contributed by atoms with Crippen LogP contribution in [0.15, 0.2) is 30.6 Å². The maximum atomic E-state index is 5.71. The Kier molecular flexibility index (Phi) is 3.15. The van der Waals surface area contributed by atoms with Crippen molar-refractivity contribution in [3.63, 3.8) is 0 Å². The van der Waals surface area contributed by atoms with E-state index in [9.17, 15) is 0 Å². The van der Waals surface area contributed by atoms with Crippen LogP contribution in [0.2, 0.25) is 0 Å². The average Bonchev–Trinajstić information content (AvgIpc) is 3.17. The summed E-state index contributed by atoms with van der Waals surface area (Å²) in [6.45, 7) is 4.63. The minimum atomic E-state index is 0.545. The van der Waals surface area contributed by atoms with Crippen LogP contribution in [0.5, 0.6) is 5.88 Å². The van der Waals surface area contributed by atoms with E-state index in [4.69, 9.17) is 4.74 Å². The summed E-state index contributed by atoms with van der Waals surface area (Å²) in [5.74, 6) is 2.51. The number of pyridine rings is 1. The molecular formula is C15H17N3O. The smallest absolute Gasteiger partial charge is 0.216 e. The predicted octanol–water partition coefficient (Wildman–Crippen LogP) is 2.67. The fraction of sp³-hybridized carbons (Fsp3) is 0.400. The molecule has 0 spiro atoms. The van der Waals surface area contributed by atoms with E-state index in [-0.39, 0.29) is 0 Å². The van der Waals surface area contributed by atoms with Gasteiger partial charge in [-0.1, -0.05) is 6.07 Å². The summed E-state index contributed by atoms with van der Waals surface area (Å²) < 4.78 is 5.71. The van der Waals surface area contributed by atoms with E-state index >= 15 is 0 Å². The first-order valence-corrected chi connectivity index (χ1v) is 6.57. The molecule has 2 atom stereocenters. The van der Waals surface area contributed by atoms with Crippen LogP contribution in [0.25, 0.3) is 0 Å². The topological polar surface area (TPSA) is 47.9 Å². The zero-order chi connectivity index (χ0) is 13.2. The van der Waals surface area contributed by atoms with Crippen LogP contribution in [-0.2, 0) is 0 Å². The van der Waals surface area contributed by atoms with Gasteiger partial charge in [0.15, 0.2) is 0 Å². The second-order valence-electron chi connectivity index (χ2n) is 5.12. The SMILES string of the molecule is Cc1ccc([C@H]2C[C@@H]2COc2ccnc(C)n2)nc1. The lowest BCUT2D eigenvalue weighted by Gasteiger charge is -2.05. The minimum absolute atomic E-state index is 0.545. The van der Waals surface area contributed by atoms with Crippen molar-refractivity contribution < 1.29 is 4.74 Å². The Balaban J connectivity index is 1.55. The molecule has 0 radical (unpaired) electrons. The number of ether oxygens (including phenoxy) is 1. The van der Waals surface area contributed by atoms with Crippen LogP contribution in [0, 0.1) is 19.8 Å². The molecule has 0 amide bonds. The number of rotatable bonds is 4. The van der Waals surface area contributed by atoms with Gasteiger partial charge in [-0.05, 0) is 31.9 Å². The Morgan fingerprint density at radius 1 is 1.21 bits per heavy atom. The Bertz CT molecular complexity index is 568. The van der Waals surface area contributed by atoms with Gasteiger partial charge in [0.1, 0.15) is 5.82 Å². The molecule has 0 bridgehead atoms. The van der Waals surface area contributed by atoms with E-state index in [1.165, 1.54) is 11.3 Å². The first-order chi connectivity index (χ1) is 9.22. The molecule has 1 aliphatic carbocycles. The third-order valence-corrected chi connectivity index (χ3v) is 3.43. The van der Waals surface area contributed by atoms with Gasteiger partial charge in [-0.25, -0.2) is 4.98 Å². The van der Waals surface area contributed by atoms with Crippen molar-refractivity contribution >= 4 is 0 Å². The molecule has 0 aliphatic heterocycles. The molecule has 2 aromatic rings. The molecule has 1 saturated carbocycles. The minimum Gasteiger partial charge on any atom is -0.477 e. The zero-order valence-corrected chi connectivity index (χ0v) is 11.2. The Labute approximate surface area is 112 Å². The summed E-state index contributed by atoms with van der Waals surface area (Å²) in [6.07, 6.45) is 4.81. The van der Waals surface area contributed by atoms with Gasteiger partial charge in [-0.2, -0.15) is 4.98 Å². The van der Waals surface area contributed by atoms with E-state index in [1.807, 2.05) is 13.1 Å². The largest absolute Gasteiger partial charge is 0.477 e. The van der Waals surface area contributed by atoms with Crippen LogP contribution in [-0.4, -0.2) is 21.6 Å². The van der Waals surface area contributed by atoms with E-state index in [0.717, 1.165) is 12.2 Å². The molecule has 0 N–H and O–H groups in total. The second-order valence-corrected chi connectivity index (χ2v) is 5.12. The van der Waals surface area contributed by atoms with Crippen LogP contribution >= 0.6 is 0 Å². The molecule has 4 nitrogen and oxygen atoms in total. The molecule has 2 heterocycles. The first kappa shape index (κ1) is 12.1. The molecule has 2 aromatic heterocycles. The average molecular weight is 255 g/mol. The van der Waals surface area contributed by atoms with Crippen LogP contribution in [0.4, 0.5) is 0 Å². The monoisotopic (exact) mass is 255 g/mol. The lowest BCUT2D eigenvalue weighted by Crippen LogP contribution is -2.03. The summed E-state index contributed by atoms with van der Waals surface area (Å²) in [5, 5.41) is 0. The summed E-state index contributed by atoms with van der Waals surface area (Å²) in [4.78, 5) is 12.8. The molecular weight excluding hydrogens is 238 g/mol. The van der Waals surface area contributed by atoms with Crippen LogP contribution in [0.1, 0.15) is 29.4 Å². The van der Waals surface area contributed by atoms with Gasteiger partial charge in [0.05, 0.1) is 6.61 Å². The highest BCUT2D eigenvalue weighted by Crippen LogP contribution is 2.46. The zero-order valence-electron chi connectivity index (χ0n) is 11.2. The normalized spacial score (nSPS) is 21.2. The molecule has 4 heteroatoms. The molecule has 98 valence electrons. The van der Waals surface area contributed by atoms with Crippen molar-refractivity contribution in [2.75, 3.05) is 6.61 Å². The maximum absolute atomic E-state index is 5.71. The number of hydrogen-bond donors (Lipinski definition) is 0. The van der Waals surface area contributed by atoms with Gasteiger partial charge < -0.3 is 4.74 Å². The predicted molar refractivity (Wildman–Crippen MR) is 72.1 cm³/mol. The van der Waals surface area contributed by atoms with Gasteiger partial charge in [0.2, 0.25) is 5.88 Å². The van der Waals surface area contributed by atoms with Crippen molar-refractivity contribution in [1.82, 2.24) is 15.0 Å². The molecule has 1 fully saturated rings. The van der Waals surface area contributed by atoms with Gasteiger partial charge in [-0.3, -0.25) is 4.98 Å². The number of aryl methyl sites for hydroxylation is 2. The standard InChI is InChI=1S/C15H17N3O/c1-10-3-4-14(17-8-10)13-7-12(13)9-19-15-5-6-16-11(2)18-15/h3-6,8,12-13H,7,9H2,1-2H3/t12-,13+/m1/s1. The van der Waals surface area contributed by atoms with E-state index in [1.54, 1.807) is 12.3 Å². The Morgan fingerprint density at radius 3 is 2.84 bits per heavy atom. The Hall–Kier alpha value is -1.97. The van der Waals surface area contributed by atoms with E-state index in [0.29, 0.717) is 24.3 Å². The molecule has 1 aliphatic rings. The molecule has 19 heavy (non-hydrogen) atoms. The van der Waals surface area contributed by atoms with Crippen molar-refractivity contribution in [1.29, 1.82) is 0 Å². The highest BCUT2D eigenvalue weighted by atomic mass is 16.5. The summed E-state index contributed by atoms with van der Waals surface area (Å²) in [6, 6.07) is 6.04. The van der Waals surface area contributed by atoms with Gasteiger partial charge in [-0.15, -0.1) is 0 Å². The van der Waals surface area contributed by atoms with Crippen molar-refractivity contribution in [2.45, 2.75) is 26.2 Å². The highest BCUT2D eigenvalue weighted by Gasteiger charge is 2.39. The number of aromatic nitrogens is 3. The summed E-state index contributed by atoms with van der Waals surface area (Å²) in [5.41, 5.74) is 2.38. The molecule has 0 saturated heterocycles. The lowest BCUT2D eigenvalue weighted by molar-refractivity contribution is 0.284. The summed E-state index contributed by atoms with van der Waals surface area (Å²) in [7, 11) is 0. The van der Waals surface area contributed by atoms with Gasteiger partial charge >= 0.3 is 0 Å². The molecule has 0 unspecified atom stereocenters. The fourth-order valence-corrected chi connectivity index (χ4v) is 2.20. The maximum Gasteiger partial charge on any atom is 0.216 e. The number of hydrogen-bond acceptors (Lipinski definition) is 4. The van der Waals surface area contributed by atoms with E-state index in [2.05, 4.69) is 34.0 Å². The van der Waals surface area contributed by atoms with Crippen molar-refractivity contribution in [3.05, 3.63) is 47.7 Å². The van der Waals surface area contributed by atoms with E-state index < -0.39 is 0 Å². The van der Waals surface area contributed by atoms with Crippen LogP contribution < -0.4 is 4.74 Å². The fourth-order valence-electron chi connectivity index (χ4n) is 2.20. The Morgan fingerprint density at radius 2 is 2.11 bits per heavy atom. The molecule has 0 aromatic carbocycles. The van der Waals surface area contributed by atoms with Crippen molar-refractivity contribution in [3.8, 4) is 5.88 Å². The van der Waals surface area contributed by atoms with Gasteiger partial charge in [0, 0.05) is 36.0 Å². The van der Waals surface area contributed by atoms with Gasteiger partial charge in [0.25, 0.3) is 0 Å². The lowest BCUT2D eigenvalue weighted by atomic mass is 10.2. The third-order valence-electron chi connectivity index (χ3n) is 3.43. The van der Waals surface area contributed by atoms with Crippen LogP contribution in [0.3, 0.4) is 0 Å². The summed E-state index contributed by atoms with van der Waals surface area (Å²) >= 11 is 0.